The van der Waals surface area contributed by atoms with Crippen LogP contribution in [0.25, 0.3) is 22.4 Å². The highest BCUT2D eigenvalue weighted by atomic mass is 19.1. The number of aromatic nitrogens is 3. The number of benzene rings is 1. The van der Waals surface area contributed by atoms with Crippen LogP contribution in [0.1, 0.15) is 32.6 Å². The fourth-order valence-corrected chi connectivity index (χ4v) is 5.08. The van der Waals surface area contributed by atoms with Gasteiger partial charge in [-0.05, 0) is 56.9 Å². The zero-order valence-corrected chi connectivity index (χ0v) is 19.7. The highest BCUT2D eigenvalue weighted by Crippen LogP contribution is 2.35. The molecule has 184 valence electrons. The van der Waals surface area contributed by atoms with Gasteiger partial charge in [0, 0.05) is 31.7 Å². The van der Waals surface area contributed by atoms with Gasteiger partial charge in [0.25, 0.3) is 5.71 Å². The average Bonchev–Trinajstić information content (AvgIpc) is 3.33. The number of carbonyl (C=O) groups is 2. The lowest BCUT2D eigenvalue weighted by molar-refractivity contribution is -0.152. The van der Waals surface area contributed by atoms with Gasteiger partial charge in [-0.3, -0.25) is 9.59 Å². The van der Waals surface area contributed by atoms with Crippen LogP contribution >= 0.6 is 0 Å². The van der Waals surface area contributed by atoms with Gasteiger partial charge in [-0.25, -0.2) is 9.37 Å². The lowest BCUT2D eigenvalue weighted by atomic mass is 9.93. The van der Waals surface area contributed by atoms with Gasteiger partial charge in [-0.1, -0.05) is 5.16 Å². The number of fused-ring (bicyclic) bond motifs is 1. The van der Waals surface area contributed by atoms with Crippen molar-refractivity contribution in [2.24, 2.45) is 11.8 Å². The molecule has 0 bridgehead atoms. The number of rotatable bonds is 5. The van der Waals surface area contributed by atoms with Gasteiger partial charge in [0.15, 0.2) is 0 Å². The van der Waals surface area contributed by atoms with Gasteiger partial charge in [-0.2, -0.15) is 4.98 Å². The maximum absolute atomic E-state index is 13.5. The van der Waals surface area contributed by atoms with Crippen molar-refractivity contribution in [3.8, 4) is 11.3 Å². The first kappa shape index (κ1) is 23.2. The molecular weight excluding hydrogens is 453 g/mol. The summed E-state index contributed by atoms with van der Waals surface area (Å²) in [5.74, 6) is -0.306. The zero-order valence-electron chi connectivity index (χ0n) is 19.7. The Morgan fingerprint density at radius 1 is 1.09 bits per heavy atom. The molecule has 0 spiro atoms. The highest BCUT2D eigenvalue weighted by Gasteiger charge is 2.35. The number of halogens is 1. The van der Waals surface area contributed by atoms with E-state index in [0.29, 0.717) is 54.4 Å². The third kappa shape index (κ3) is 4.69. The number of hydrogen-bond donors (Lipinski definition) is 0. The second-order valence-electron chi connectivity index (χ2n) is 9.08. The summed E-state index contributed by atoms with van der Waals surface area (Å²) in [6, 6.07) is 6.03. The van der Waals surface area contributed by atoms with Gasteiger partial charge in [0.2, 0.25) is 5.91 Å². The van der Waals surface area contributed by atoms with E-state index in [4.69, 9.17) is 9.26 Å². The number of piperidine rings is 2. The molecule has 35 heavy (non-hydrogen) atoms. The molecule has 4 heterocycles. The van der Waals surface area contributed by atoms with Crippen LogP contribution in [0.3, 0.4) is 0 Å². The van der Waals surface area contributed by atoms with Crippen molar-refractivity contribution in [1.82, 2.24) is 20.0 Å². The van der Waals surface area contributed by atoms with Crippen molar-refractivity contribution in [3.05, 3.63) is 36.4 Å². The Hall–Kier alpha value is -3.56. The summed E-state index contributed by atoms with van der Waals surface area (Å²) in [5, 5.41) is 4.82. The molecule has 0 unspecified atom stereocenters. The summed E-state index contributed by atoms with van der Waals surface area (Å²) >= 11 is 0. The maximum Gasteiger partial charge on any atom is 0.310 e. The molecule has 2 saturated heterocycles. The maximum atomic E-state index is 13.5. The fourth-order valence-electron chi connectivity index (χ4n) is 5.08. The van der Waals surface area contributed by atoms with E-state index < -0.39 is 0 Å². The minimum atomic E-state index is -0.335. The molecule has 5 rings (SSSR count). The quantitative estimate of drug-likeness (QED) is 0.511. The molecule has 3 aromatic rings. The molecule has 2 aliphatic heterocycles. The van der Waals surface area contributed by atoms with Crippen molar-refractivity contribution >= 4 is 28.8 Å². The summed E-state index contributed by atoms with van der Waals surface area (Å²) in [5.41, 5.74) is 1.58. The van der Waals surface area contributed by atoms with Crippen LogP contribution in [-0.4, -0.2) is 64.7 Å². The summed E-state index contributed by atoms with van der Waals surface area (Å²) in [7, 11) is 0. The molecule has 2 atom stereocenters. The molecule has 2 aromatic heterocycles. The largest absolute Gasteiger partial charge is 0.466 e. The van der Waals surface area contributed by atoms with Gasteiger partial charge in [0.05, 0.1) is 18.4 Å². The van der Waals surface area contributed by atoms with E-state index in [0.717, 1.165) is 32.2 Å². The minimum absolute atomic E-state index is 0.0677. The first-order chi connectivity index (χ1) is 17.0. The number of likely N-dealkylation sites (tertiary alicyclic amines) is 1. The molecule has 0 N–H and O–H groups in total. The third-order valence-corrected chi connectivity index (χ3v) is 6.79. The van der Waals surface area contributed by atoms with E-state index in [9.17, 15) is 14.0 Å². The molecule has 0 aliphatic carbocycles. The first-order valence-electron chi connectivity index (χ1n) is 12.1. The lowest BCUT2D eigenvalue weighted by Gasteiger charge is -2.38. The Bertz CT molecular complexity index is 1210. The van der Waals surface area contributed by atoms with E-state index in [1.807, 2.05) is 4.90 Å². The first-order valence-corrected chi connectivity index (χ1v) is 12.1. The third-order valence-electron chi connectivity index (χ3n) is 6.79. The monoisotopic (exact) mass is 481 g/mol. The van der Waals surface area contributed by atoms with Crippen LogP contribution in [0.15, 0.2) is 35.1 Å². The number of anilines is 1. The van der Waals surface area contributed by atoms with Gasteiger partial charge in [-0.15, -0.1) is 0 Å². The molecule has 9 nitrogen and oxygen atoms in total. The van der Waals surface area contributed by atoms with E-state index in [2.05, 4.69) is 20.0 Å². The second-order valence-corrected chi connectivity index (χ2v) is 9.08. The normalized spacial score (nSPS) is 20.7. The number of carbonyl (C=O) groups excluding carboxylic acids is 2. The summed E-state index contributed by atoms with van der Waals surface area (Å²) in [6.07, 6.45) is 4.57. The van der Waals surface area contributed by atoms with Crippen LogP contribution in [0.4, 0.5) is 10.2 Å². The van der Waals surface area contributed by atoms with E-state index in [-0.39, 0.29) is 29.5 Å². The molecule has 2 aliphatic rings. The van der Waals surface area contributed by atoms with Crippen molar-refractivity contribution in [1.29, 1.82) is 0 Å². The average molecular weight is 482 g/mol. The molecule has 1 aromatic carbocycles. The van der Waals surface area contributed by atoms with Crippen LogP contribution in [-0.2, 0) is 14.3 Å². The number of hydrogen-bond acceptors (Lipinski definition) is 8. The van der Waals surface area contributed by atoms with Crippen molar-refractivity contribution in [3.63, 3.8) is 0 Å². The molecule has 10 heteroatoms. The van der Waals surface area contributed by atoms with Gasteiger partial charge < -0.3 is 19.1 Å². The topological polar surface area (TPSA) is 102 Å². The summed E-state index contributed by atoms with van der Waals surface area (Å²) < 4.78 is 24.1. The van der Waals surface area contributed by atoms with Crippen LogP contribution < -0.4 is 4.90 Å². The molecule has 0 saturated carbocycles. The van der Waals surface area contributed by atoms with Crippen molar-refractivity contribution in [2.75, 3.05) is 37.7 Å². The second kappa shape index (κ2) is 9.97. The lowest BCUT2D eigenvalue weighted by Crippen LogP contribution is -2.49. The zero-order chi connectivity index (χ0) is 24.4. The molecule has 1 amide bonds. The standard InChI is InChI=1S/C25H28FN5O4/c1-2-34-25(33)18-6-4-12-31(14-18)24(32)17-5-3-11-30(13-17)22-20-21(16-7-9-19(26)10-8-16)29-35-23(20)28-15-27-22/h7-10,15,17-18H,2-6,11-14H2,1H3/t17-,18+/m0/s1. The number of ether oxygens (including phenoxy) is 1. The number of nitrogens with zero attached hydrogens (tertiary/aromatic N) is 5. The van der Waals surface area contributed by atoms with Crippen LogP contribution in [0.2, 0.25) is 0 Å². The highest BCUT2D eigenvalue weighted by molar-refractivity contribution is 5.98. The minimum Gasteiger partial charge on any atom is -0.466 e. The predicted octanol–water partition coefficient (Wildman–Crippen LogP) is 3.44. The van der Waals surface area contributed by atoms with E-state index in [1.165, 1.54) is 18.5 Å². The fraction of sp³-hybridized carbons (Fsp3) is 0.480. The number of esters is 1. The van der Waals surface area contributed by atoms with Crippen molar-refractivity contribution in [2.45, 2.75) is 32.6 Å². The summed E-state index contributed by atoms with van der Waals surface area (Å²) in [4.78, 5) is 38.3. The molecule has 0 radical (unpaired) electrons. The summed E-state index contributed by atoms with van der Waals surface area (Å²) in [6.45, 7) is 4.43. The Labute approximate surface area is 202 Å². The molecule has 2 fully saturated rings. The van der Waals surface area contributed by atoms with Gasteiger partial charge in [0.1, 0.15) is 29.0 Å². The van der Waals surface area contributed by atoms with Gasteiger partial charge >= 0.3 is 5.97 Å². The van der Waals surface area contributed by atoms with E-state index >= 15 is 0 Å². The Morgan fingerprint density at radius 3 is 2.66 bits per heavy atom. The Balaban J connectivity index is 1.37. The van der Waals surface area contributed by atoms with E-state index in [1.54, 1.807) is 19.1 Å². The van der Waals surface area contributed by atoms with Crippen molar-refractivity contribution < 1.29 is 23.2 Å². The van der Waals surface area contributed by atoms with Crippen LogP contribution in [0.5, 0.6) is 0 Å². The predicted molar refractivity (Wildman–Crippen MR) is 126 cm³/mol. The molecular formula is C25H28FN5O4. The van der Waals surface area contributed by atoms with Crippen LogP contribution in [0, 0.1) is 17.7 Å². The smallest absolute Gasteiger partial charge is 0.310 e. The number of amides is 1. The SMILES string of the molecule is CCOC(=O)[C@@H]1CCCN(C(=O)[C@H]2CCCN(c3ncnc4onc(-c5ccc(F)cc5)c34)C2)C1. The Kier molecular flexibility index (Phi) is 6.61. The Morgan fingerprint density at radius 2 is 1.86 bits per heavy atom.